The lowest BCUT2D eigenvalue weighted by Crippen LogP contribution is -2.44. The van der Waals surface area contributed by atoms with Crippen molar-refractivity contribution in [1.82, 2.24) is 24.4 Å². The Balaban J connectivity index is 1.13. The number of halogens is 3. The molecule has 1 N–H and O–H groups in total. The van der Waals surface area contributed by atoms with Gasteiger partial charge in [-0.15, -0.1) is 5.01 Å². The van der Waals surface area contributed by atoms with E-state index in [9.17, 15) is 41.2 Å². The number of carbonyl (C=O) groups is 3. The molecule has 15 nitrogen and oxygen atoms in total. The Labute approximate surface area is 324 Å². The maximum absolute atomic E-state index is 13.6. The first-order valence-corrected chi connectivity index (χ1v) is 18.6. The number of hydrazine groups is 1. The van der Waals surface area contributed by atoms with E-state index < -0.39 is 63.6 Å². The minimum Gasteiger partial charge on any atom is -0.569 e. The number of nitrogens with zero attached hydrogens (tertiary/aromatic N) is 6. The highest BCUT2D eigenvalue weighted by Gasteiger charge is 2.40. The maximum atomic E-state index is 13.6. The molecule has 1 aliphatic heterocycles. The predicted octanol–water partition coefficient (Wildman–Crippen LogP) is 6.28. The first kappa shape index (κ1) is 39.9. The zero-order valence-corrected chi connectivity index (χ0v) is 31.3. The van der Waals surface area contributed by atoms with Crippen LogP contribution in [0.15, 0.2) is 119 Å². The fourth-order valence-electron chi connectivity index (χ4n) is 5.86. The van der Waals surface area contributed by atoms with Crippen LogP contribution in [0, 0.1) is 12.1 Å². The molecule has 1 aromatic heterocycles. The molecule has 4 aromatic carbocycles. The standard InChI is InChI=1S/C38H34F3N7O8S/c1-24-13-15-27(16-14-24)33-22-34(38(39,40)41)42-47(33)28-17-19-30(20-18-28)57(53,54)43-37(51)55-23-29(21-26-9-5-4-6-10-26)45(3)48(52)44-56-25(2)46-35(49)31-11-7-8-12-32(31)36(46)50/h4-20,22,25,29H,21,23H2,1-3H3,(H,43,51)/b48-44-/t25?,29-/m0/s1. The van der Waals surface area contributed by atoms with E-state index in [1.807, 2.05) is 6.92 Å². The van der Waals surface area contributed by atoms with Gasteiger partial charge in [0.1, 0.15) is 12.6 Å². The van der Waals surface area contributed by atoms with Crippen LogP contribution in [0.4, 0.5) is 18.0 Å². The fraction of sp³-hybridized carbons (Fsp3) is 0.211. The molecule has 1 aliphatic rings. The third kappa shape index (κ3) is 8.88. The number of aromatic nitrogens is 2. The Bertz CT molecular complexity index is 2390. The number of sulfonamides is 1. The van der Waals surface area contributed by atoms with E-state index in [4.69, 9.17) is 9.57 Å². The normalized spacial score (nSPS) is 14.2. The number of benzene rings is 4. The van der Waals surface area contributed by atoms with Gasteiger partial charge in [0.15, 0.2) is 5.69 Å². The molecule has 0 bridgehead atoms. The van der Waals surface area contributed by atoms with Crippen molar-refractivity contribution in [3.05, 3.63) is 142 Å². The number of likely N-dealkylation sites (N-methyl/N-ethyl adjacent to an activating group) is 1. The molecule has 296 valence electrons. The van der Waals surface area contributed by atoms with Crippen LogP contribution >= 0.6 is 0 Å². The number of imide groups is 1. The summed E-state index contributed by atoms with van der Waals surface area (Å²) < 4.78 is 75.3. The number of rotatable bonds is 13. The van der Waals surface area contributed by atoms with Crippen molar-refractivity contribution in [3.8, 4) is 16.9 Å². The first-order chi connectivity index (χ1) is 27.0. The van der Waals surface area contributed by atoms with Crippen molar-refractivity contribution < 1.29 is 50.5 Å². The van der Waals surface area contributed by atoms with E-state index in [0.29, 0.717) is 11.1 Å². The lowest BCUT2D eigenvalue weighted by molar-refractivity contribution is -0.714. The molecule has 2 heterocycles. The number of aryl methyl sites for hydroxylation is 1. The molecular weight excluding hydrogens is 772 g/mol. The van der Waals surface area contributed by atoms with Gasteiger partial charge >= 0.3 is 12.3 Å². The minimum atomic E-state index is -4.75. The zero-order chi connectivity index (χ0) is 41.1. The SMILES string of the molecule is Cc1ccc(-c2cc(C(F)(F)F)nn2-c2ccc(S(=O)(=O)NC(=O)OC[C@H](Cc3ccccc3)N(C)/[N+]([O-])=N/OC(C)N3C(=O)c4ccccc4C3=O)cc2)cc1. The molecular formula is C38H34F3N7O8S. The first-order valence-electron chi connectivity index (χ1n) is 17.2. The summed E-state index contributed by atoms with van der Waals surface area (Å²) in [4.78, 5) is 44.1. The molecule has 0 spiro atoms. The van der Waals surface area contributed by atoms with Gasteiger partial charge in [-0.2, -0.15) is 18.3 Å². The van der Waals surface area contributed by atoms with Crippen molar-refractivity contribution in [1.29, 1.82) is 0 Å². The second-order valence-electron chi connectivity index (χ2n) is 12.9. The van der Waals surface area contributed by atoms with Crippen LogP contribution in [0.5, 0.6) is 0 Å². The van der Waals surface area contributed by atoms with E-state index in [1.54, 1.807) is 71.5 Å². The number of alkyl halides is 3. The van der Waals surface area contributed by atoms with Crippen LogP contribution in [0.3, 0.4) is 0 Å². The second-order valence-corrected chi connectivity index (χ2v) is 14.6. The van der Waals surface area contributed by atoms with Crippen LogP contribution < -0.4 is 4.72 Å². The van der Waals surface area contributed by atoms with Crippen molar-refractivity contribution in [2.75, 3.05) is 13.7 Å². The molecule has 1 unspecified atom stereocenters. The largest absolute Gasteiger partial charge is 0.569 e. The van der Waals surface area contributed by atoms with Gasteiger partial charge in [-0.3, -0.25) is 9.59 Å². The van der Waals surface area contributed by atoms with Crippen LogP contribution in [0.2, 0.25) is 0 Å². The Morgan fingerprint density at radius 1 is 0.947 bits per heavy atom. The summed E-state index contributed by atoms with van der Waals surface area (Å²) in [7, 11) is -3.25. The second kappa shape index (κ2) is 16.1. The molecule has 6 rings (SSSR count). The van der Waals surface area contributed by atoms with Gasteiger partial charge in [-0.05, 0) is 61.9 Å². The monoisotopic (exact) mass is 805 g/mol. The van der Waals surface area contributed by atoms with Gasteiger partial charge in [0.25, 0.3) is 21.8 Å². The summed E-state index contributed by atoms with van der Waals surface area (Å²) in [6.45, 7) is 2.65. The molecule has 0 fully saturated rings. The molecule has 0 aliphatic carbocycles. The van der Waals surface area contributed by atoms with Gasteiger partial charge in [0, 0.05) is 12.0 Å². The molecule has 3 amide bonds. The third-order valence-corrected chi connectivity index (χ3v) is 10.3. The highest BCUT2D eigenvalue weighted by atomic mass is 32.2. The summed E-state index contributed by atoms with van der Waals surface area (Å²) in [5.41, 5.74) is 1.48. The van der Waals surface area contributed by atoms with Crippen molar-refractivity contribution in [3.63, 3.8) is 0 Å². The molecule has 0 radical (unpaired) electrons. The summed E-state index contributed by atoms with van der Waals surface area (Å²) in [5, 5.41) is 21.3. The van der Waals surface area contributed by atoms with Gasteiger partial charge in [-0.25, -0.2) is 27.5 Å². The molecule has 2 atom stereocenters. The quantitative estimate of drug-likeness (QED) is 0.0617. The Hall–Kier alpha value is -6.76. The van der Waals surface area contributed by atoms with Crippen LogP contribution in [0.1, 0.15) is 44.5 Å². The minimum absolute atomic E-state index is 0.0311. The van der Waals surface area contributed by atoms with Crippen molar-refractivity contribution in [2.24, 2.45) is 5.28 Å². The number of hydrogen-bond acceptors (Lipinski definition) is 10. The average molecular weight is 806 g/mol. The number of carbonyl (C=O) groups excluding carboxylic acids is 3. The van der Waals surface area contributed by atoms with Gasteiger partial charge < -0.3 is 14.8 Å². The summed E-state index contributed by atoms with van der Waals surface area (Å²) in [6.07, 6.45) is -7.30. The Morgan fingerprint density at radius 2 is 1.54 bits per heavy atom. The summed E-state index contributed by atoms with van der Waals surface area (Å²) >= 11 is 0. The van der Waals surface area contributed by atoms with Crippen molar-refractivity contribution >= 4 is 27.9 Å². The topological polar surface area (TPSA) is 179 Å². The zero-order valence-electron chi connectivity index (χ0n) is 30.5. The predicted molar refractivity (Wildman–Crippen MR) is 196 cm³/mol. The third-order valence-electron chi connectivity index (χ3n) is 8.93. The van der Waals surface area contributed by atoms with Gasteiger partial charge in [0.2, 0.25) is 11.5 Å². The molecule has 5 aromatic rings. The van der Waals surface area contributed by atoms with Gasteiger partial charge in [0.05, 0.1) is 39.4 Å². The molecule has 57 heavy (non-hydrogen) atoms. The highest BCUT2D eigenvalue weighted by molar-refractivity contribution is 7.90. The Morgan fingerprint density at radius 3 is 2.14 bits per heavy atom. The average Bonchev–Trinajstić information content (AvgIpc) is 3.75. The molecule has 19 heteroatoms. The summed E-state index contributed by atoms with van der Waals surface area (Å²) in [6, 6.07) is 26.3. The van der Waals surface area contributed by atoms with E-state index in [-0.39, 0.29) is 33.9 Å². The maximum Gasteiger partial charge on any atom is 0.435 e. The number of fused-ring (bicyclic) bond motifs is 1. The number of amides is 3. The molecule has 0 saturated carbocycles. The lowest BCUT2D eigenvalue weighted by atomic mass is 10.1. The van der Waals surface area contributed by atoms with E-state index in [1.165, 1.54) is 38.2 Å². The van der Waals surface area contributed by atoms with Gasteiger partial charge in [-0.1, -0.05) is 72.3 Å². The summed E-state index contributed by atoms with van der Waals surface area (Å²) in [5.74, 6) is -1.25. The Kier molecular flexibility index (Phi) is 11.3. The van der Waals surface area contributed by atoms with Crippen molar-refractivity contribution in [2.45, 2.75) is 43.6 Å². The molecule has 0 saturated heterocycles. The van der Waals surface area contributed by atoms with E-state index >= 15 is 0 Å². The van der Waals surface area contributed by atoms with Crippen LogP contribution in [-0.2, 0) is 32.2 Å². The smallest absolute Gasteiger partial charge is 0.435 e. The van der Waals surface area contributed by atoms with E-state index in [2.05, 4.69) is 10.4 Å². The van der Waals surface area contributed by atoms with Crippen LogP contribution in [0.25, 0.3) is 16.9 Å². The number of ether oxygens (including phenoxy) is 1. The number of nitrogens with one attached hydrogen (secondary N) is 1. The lowest BCUT2D eigenvalue weighted by Gasteiger charge is -2.24. The number of hydrogen-bond donors (Lipinski definition) is 1. The highest BCUT2D eigenvalue weighted by Crippen LogP contribution is 2.33. The van der Waals surface area contributed by atoms with Crippen LogP contribution in [-0.4, -0.2) is 76.9 Å². The van der Waals surface area contributed by atoms with E-state index in [0.717, 1.165) is 38.4 Å². The fourth-order valence-corrected chi connectivity index (χ4v) is 6.75.